The molecule has 204 valence electrons. The fourth-order valence-electron chi connectivity index (χ4n) is 6.06. The monoisotopic (exact) mass is 533 g/mol. The molecule has 9 heteroatoms. The van der Waals surface area contributed by atoms with Crippen LogP contribution in [0.5, 0.6) is 5.75 Å². The molecule has 0 N–H and O–H groups in total. The van der Waals surface area contributed by atoms with Gasteiger partial charge in [-0.05, 0) is 81.5 Å². The van der Waals surface area contributed by atoms with Crippen LogP contribution in [0.2, 0.25) is 0 Å². The molecule has 0 bridgehead atoms. The molecule has 1 aliphatic heterocycles. The van der Waals surface area contributed by atoms with Crippen molar-refractivity contribution in [2.75, 3.05) is 25.7 Å². The number of hydrogen-bond donors (Lipinski definition) is 0. The van der Waals surface area contributed by atoms with Gasteiger partial charge in [0.25, 0.3) is 0 Å². The lowest BCUT2D eigenvalue weighted by Crippen LogP contribution is -2.42. The molecule has 0 unspecified atom stereocenters. The highest BCUT2D eigenvalue weighted by Gasteiger charge is 2.37. The summed E-state index contributed by atoms with van der Waals surface area (Å²) in [5.74, 6) is 2.20. The number of aryl methyl sites for hydroxylation is 2. The van der Waals surface area contributed by atoms with Crippen LogP contribution < -0.4 is 9.64 Å². The Balaban J connectivity index is 1.44. The van der Waals surface area contributed by atoms with Crippen LogP contribution in [-0.2, 0) is 9.47 Å². The van der Waals surface area contributed by atoms with E-state index < -0.39 is 13.1 Å². The largest absolute Gasteiger partial charge is 0.497 e. The second-order valence-electron chi connectivity index (χ2n) is 10.3. The van der Waals surface area contributed by atoms with Gasteiger partial charge in [-0.1, -0.05) is 11.2 Å². The van der Waals surface area contributed by atoms with Crippen LogP contribution in [0.1, 0.15) is 65.6 Å². The summed E-state index contributed by atoms with van der Waals surface area (Å²) in [7, 11) is -0.815. The average Bonchev–Trinajstić information content (AvgIpc) is 3.51. The number of amides is 1. The van der Waals surface area contributed by atoms with Crippen molar-refractivity contribution in [3.8, 4) is 16.9 Å². The maximum Gasteiger partial charge on any atom is 0.414 e. The maximum absolute atomic E-state index is 13.2. The predicted octanol–water partition coefficient (Wildman–Crippen LogP) is 6.53. The Morgan fingerprint density at radius 1 is 1.05 bits per heavy atom. The van der Waals surface area contributed by atoms with Crippen molar-refractivity contribution in [1.82, 2.24) is 14.7 Å². The molecule has 2 aromatic heterocycles. The lowest BCUT2D eigenvalue weighted by Gasteiger charge is -2.37. The highest BCUT2D eigenvalue weighted by atomic mass is 16.6. The predicted molar refractivity (Wildman–Crippen MR) is 147 cm³/mol. The summed E-state index contributed by atoms with van der Waals surface area (Å²) in [6.07, 6.45) is 2.51. The van der Waals surface area contributed by atoms with E-state index in [4.69, 9.17) is 27.8 Å². The molecule has 0 radical (unpaired) electrons. The normalized spacial score (nSPS) is 23.3. The van der Waals surface area contributed by atoms with E-state index in [-0.39, 0.29) is 24.8 Å². The number of anilines is 1. The zero-order valence-corrected chi connectivity index (χ0v) is 22.3. The number of aromatic nitrogens is 3. The number of rotatable bonds is 6. The van der Waals surface area contributed by atoms with E-state index >= 15 is 0 Å². The van der Waals surface area contributed by atoms with Gasteiger partial charge in [0.1, 0.15) is 23.4 Å². The van der Waals surface area contributed by atoms with Crippen LogP contribution in [-0.4, -0.2) is 47.7 Å². The summed E-state index contributed by atoms with van der Waals surface area (Å²) in [5, 5.41) is 4.12. The third-order valence-electron chi connectivity index (χ3n) is 7.99. The number of carbonyl (C=O) groups excluding carboxylic acids is 1. The molecule has 1 aliphatic carbocycles. The van der Waals surface area contributed by atoms with Crippen LogP contribution in [0.15, 0.2) is 47.0 Å². The van der Waals surface area contributed by atoms with Gasteiger partial charge in [0.05, 0.1) is 40.7 Å². The number of cyclic esters (lactones) is 1. The molecule has 2 aromatic carbocycles. The third kappa shape index (κ3) is 4.54. The first-order valence-electron chi connectivity index (χ1n) is 14.9. The van der Waals surface area contributed by atoms with E-state index in [1.54, 1.807) is 12.0 Å². The van der Waals surface area contributed by atoms with E-state index in [1.807, 2.05) is 44.2 Å². The molecule has 2 fully saturated rings. The fourth-order valence-corrected chi connectivity index (χ4v) is 6.06. The second kappa shape index (κ2) is 10.4. The van der Waals surface area contributed by atoms with Gasteiger partial charge in [-0.15, -0.1) is 0 Å². The van der Waals surface area contributed by atoms with E-state index in [2.05, 4.69) is 21.9 Å². The first kappa shape index (κ1) is 22.0. The highest BCUT2D eigenvalue weighted by Crippen LogP contribution is 2.41. The third-order valence-corrected chi connectivity index (χ3v) is 7.99. The van der Waals surface area contributed by atoms with E-state index in [0.29, 0.717) is 30.7 Å². The number of carbonyl (C=O) groups is 1. The fraction of sp³-hybridized carbons (Fsp3) is 0.433. The van der Waals surface area contributed by atoms with Crippen LogP contribution in [0, 0.1) is 13.8 Å². The van der Waals surface area contributed by atoms with Gasteiger partial charge in [0, 0.05) is 30.8 Å². The number of methoxy groups -OCH3 is 2. The molecule has 3 heterocycles. The van der Waals surface area contributed by atoms with Gasteiger partial charge in [0.15, 0.2) is 0 Å². The van der Waals surface area contributed by atoms with Crippen molar-refractivity contribution >= 4 is 22.8 Å². The first-order chi connectivity index (χ1) is 20.1. The SMILES string of the molecule is [2H]C([2H])([2H])O[C@H]1CC[C@H](n2c([C@@H]3CCOC(=O)N3c3ccc(OC)cc3)nc3cc(-c4c(C)noc4C)ccc32)CC1. The Morgan fingerprint density at radius 3 is 2.54 bits per heavy atom. The van der Waals surface area contributed by atoms with Gasteiger partial charge in [-0.25, -0.2) is 9.78 Å². The van der Waals surface area contributed by atoms with E-state index in [1.165, 1.54) is 0 Å². The van der Waals surface area contributed by atoms with Gasteiger partial charge in [-0.3, -0.25) is 4.90 Å². The maximum atomic E-state index is 13.2. The summed E-state index contributed by atoms with van der Waals surface area (Å²) in [4.78, 5) is 20.1. The second-order valence-corrected chi connectivity index (χ2v) is 10.3. The van der Waals surface area contributed by atoms with E-state index in [9.17, 15) is 4.79 Å². The Labute approximate surface area is 231 Å². The number of hydrogen-bond acceptors (Lipinski definition) is 7. The smallest absolute Gasteiger partial charge is 0.414 e. The van der Waals surface area contributed by atoms with Gasteiger partial charge in [0.2, 0.25) is 0 Å². The molecule has 6 rings (SSSR count). The molecule has 1 saturated heterocycles. The van der Waals surface area contributed by atoms with Gasteiger partial charge < -0.3 is 23.3 Å². The summed E-state index contributed by atoms with van der Waals surface area (Å²) >= 11 is 0. The quantitative estimate of drug-likeness (QED) is 0.278. The van der Waals surface area contributed by atoms with Crippen molar-refractivity contribution in [2.24, 2.45) is 0 Å². The molecular weight excluding hydrogens is 496 g/mol. The first-order valence-corrected chi connectivity index (χ1v) is 13.4. The lowest BCUT2D eigenvalue weighted by molar-refractivity contribution is 0.0582. The zero-order valence-electron chi connectivity index (χ0n) is 25.3. The number of fused-ring (bicyclic) bond motifs is 1. The topological polar surface area (TPSA) is 91.9 Å². The van der Waals surface area contributed by atoms with Gasteiger partial charge in [-0.2, -0.15) is 0 Å². The Kier molecular flexibility index (Phi) is 5.86. The minimum absolute atomic E-state index is 0.0574. The molecule has 1 atom stereocenters. The number of ether oxygens (including phenoxy) is 3. The number of benzene rings is 2. The molecule has 4 aromatic rings. The van der Waals surface area contributed by atoms with E-state index in [0.717, 1.165) is 52.3 Å². The average molecular weight is 534 g/mol. The summed E-state index contributed by atoms with van der Waals surface area (Å²) < 4.78 is 46.4. The van der Waals surface area contributed by atoms with Crippen LogP contribution in [0.3, 0.4) is 0 Å². The molecule has 1 amide bonds. The Hall–Kier alpha value is -3.85. The van der Waals surface area contributed by atoms with Crippen LogP contribution >= 0.6 is 0 Å². The molecule has 9 nitrogen and oxygen atoms in total. The van der Waals surface area contributed by atoms with Crippen molar-refractivity contribution < 1.29 is 27.6 Å². The molecule has 0 spiro atoms. The molecular formula is C30H34N4O5. The van der Waals surface area contributed by atoms with Crippen molar-refractivity contribution in [3.63, 3.8) is 0 Å². The lowest BCUT2D eigenvalue weighted by atomic mass is 9.92. The van der Waals surface area contributed by atoms with Crippen LogP contribution in [0.4, 0.5) is 10.5 Å². The van der Waals surface area contributed by atoms with Crippen molar-refractivity contribution in [1.29, 1.82) is 0 Å². The minimum Gasteiger partial charge on any atom is -0.497 e. The number of imidazole rings is 1. The Morgan fingerprint density at radius 2 is 1.85 bits per heavy atom. The summed E-state index contributed by atoms with van der Waals surface area (Å²) in [6, 6.07) is 13.2. The number of nitrogens with zero attached hydrogens (tertiary/aromatic N) is 4. The van der Waals surface area contributed by atoms with Crippen molar-refractivity contribution in [2.45, 2.75) is 64.1 Å². The summed E-state index contributed by atoms with van der Waals surface area (Å²) in [5.41, 5.74) is 5.15. The summed E-state index contributed by atoms with van der Waals surface area (Å²) in [6.45, 7) is 4.09. The zero-order chi connectivity index (χ0) is 29.6. The minimum atomic E-state index is -2.42. The van der Waals surface area contributed by atoms with Crippen LogP contribution in [0.25, 0.3) is 22.2 Å². The highest BCUT2D eigenvalue weighted by molar-refractivity contribution is 5.90. The molecule has 39 heavy (non-hydrogen) atoms. The van der Waals surface area contributed by atoms with Gasteiger partial charge >= 0.3 is 6.09 Å². The molecule has 1 saturated carbocycles. The standard InChI is InChI=1S/C30H34N4O5/c1-18-28(19(2)39-32-18)20-5-14-26-25(17-20)31-29(33(26)21-6-10-23(36-3)11-7-21)27-15-16-38-30(35)34(27)22-8-12-24(37-4)13-9-22/h5,8-9,12-14,17,21,23,27H,6-7,10-11,15-16H2,1-4H3/t21-,23-,27-/m0/s1/i3D3. The van der Waals surface area contributed by atoms with Crippen molar-refractivity contribution in [3.05, 3.63) is 59.7 Å². The Bertz CT molecular complexity index is 1570. The molecule has 2 aliphatic rings.